The number of anilines is 2. The van der Waals surface area contributed by atoms with Gasteiger partial charge in [0, 0.05) is 17.8 Å². The van der Waals surface area contributed by atoms with Crippen molar-refractivity contribution in [2.75, 3.05) is 5.32 Å². The van der Waals surface area contributed by atoms with E-state index in [1.54, 1.807) is 0 Å². The van der Waals surface area contributed by atoms with Gasteiger partial charge in [0.15, 0.2) is 11.6 Å². The van der Waals surface area contributed by atoms with Gasteiger partial charge in [-0.05, 0) is 44.5 Å². The molecule has 1 aromatic heterocycles. The van der Waals surface area contributed by atoms with E-state index in [4.69, 9.17) is 4.74 Å². The van der Waals surface area contributed by atoms with Gasteiger partial charge in [-0.15, -0.1) is 5.10 Å². The third-order valence-electron chi connectivity index (χ3n) is 3.49. The lowest BCUT2D eigenvalue weighted by atomic mass is 10.2. The molecule has 130 valence electrons. The Hall–Kier alpha value is -2.96. The molecule has 0 amide bonds. The lowest BCUT2D eigenvalue weighted by Gasteiger charge is -2.13. The number of hydrogen-bond acceptors (Lipinski definition) is 4. The summed E-state index contributed by atoms with van der Waals surface area (Å²) in [5, 5.41) is 7.35. The number of aromatic nitrogens is 3. The van der Waals surface area contributed by atoms with E-state index < -0.39 is 11.6 Å². The highest BCUT2D eigenvalue weighted by atomic mass is 19.2. The van der Waals surface area contributed by atoms with Crippen molar-refractivity contribution in [1.29, 1.82) is 0 Å². The normalized spacial score (nSPS) is 11.0. The molecule has 0 aliphatic carbocycles. The van der Waals surface area contributed by atoms with Gasteiger partial charge in [0.05, 0.1) is 11.8 Å². The van der Waals surface area contributed by atoms with E-state index in [1.165, 1.54) is 17.1 Å². The monoisotopic (exact) mass is 344 g/mol. The molecule has 0 radical (unpaired) electrons. The van der Waals surface area contributed by atoms with Gasteiger partial charge in [0.2, 0.25) is 5.95 Å². The molecule has 25 heavy (non-hydrogen) atoms. The Morgan fingerprint density at radius 1 is 1.08 bits per heavy atom. The number of benzene rings is 2. The first-order chi connectivity index (χ1) is 11.9. The van der Waals surface area contributed by atoms with Gasteiger partial charge in [-0.2, -0.15) is 4.98 Å². The van der Waals surface area contributed by atoms with Crippen LogP contribution in [-0.4, -0.2) is 20.9 Å². The Kier molecular flexibility index (Phi) is 4.65. The highest BCUT2D eigenvalue weighted by molar-refractivity contribution is 5.60. The van der Waals surface area contributed by atoms with Gasteiger partial charge in [0.25, 0.3) is 0 Å². The summed E-state index contributed by atoms with van der Waals surface area (Å²) in [5.41, 5.74) is 2.19. The highest BCUT2D eigenvalue weighted by Crippen LogP contribution is 2.25. The Morgan fingerprint density at radius 3 is 2.60 bits per heavy atom. The molecule has 1 heterocycles. The average molecular weight is 344 g/mol. The maximum Gasteiger partial charge on any atom is 0.246 e. The zero-order chi connectivity index (χ0) is 18.0. The summed E-state index contributed by atoms with van der Waals surface area (Å²) < 4.78 is 33.4. The number of rotatable bonds is 5. The molecule has 0 spiro atoms. The van der Waals surface area contributed by atoms with Crippen LogP contribution in [-0.2, 0) is 0 Å². The minimum absolute atomic E-state index is 0.0706. The molecule has 0 aliphatic heterocycles. The summed E-state index contributed by atoms with van der Waals surface area (Å²) in [6.07, 6.45) is 1.50. The summed E-state index contributed by atoms with van der Waals surface area (Å²) >= 11 is 0. The predicted octanol–water partition coefficient (Wildman–Crippen LogP) is 4.38. The minimum Gasteiger partial charge on any atom is -0.491 e. The maximum atomic E-state index is 13.4. The molecule has 0 unspecified atom stereocenters. The molecule has 1 N–H and O–H groups in total. The molecule has 0 bridgehead atoms. The number of nitrogens with zero attached hydrogens (tertiary/aromatic N) is 3. The number of aryl methyl sites for hydroxylation is 1. The molecule has 0 saturated carbocycles. The van der Waals surface area contributed by atoms with Crippen molar-refractivity contribution < 1.29 is 13.5 Å². The van der Waals surface area contributed by atoms with Crippen molar-refractivity contribution in [2.45, 2.75) is 26.9 Å². The standard InChI is InChI=1S/C18H18F2N4O/c1-11(2)25-14-6-4-12(3)17(9-14)22-18-21-10-24(23-18)13-5-7-15(19)16(20)8-13/h4-11H,1-3H3,(H,22,23). The van der Waals surface area contributed by atoms with Crippen LogP contribution < -0.4 is 10.1 Å². The largest absolute Gasteiger partial charge is 0.491 e. The van der Waals surface area contributed by atoms with E-state index in [0.717, 1.165) is 29.1 Å². The first-order valence-corrected chi connectivity index (χ1v) is 7.84. The highest BCUT2D eigenvalue weighted by Gasteiger charge is 2.09. The Labute approximate surface area is 144 Å². The summed E-state index contributed by atoms with van der Waals surface area (Å²) in [6, 6.07) is 9.25. The van der Waals surface area contributed by atoms with Crippen LogP contribution >= 0.6 is 0 Å². The first-order valence-electron chi connectivity index (χ1n) is 7.84. The second-order valence-corrected chi connectivity index (χ2v) is 5.88. The van der Waals surface area contributed by atoms with Crippen molar-refractivity contribution >= 4 is 11.6 Å². The van der Waals surface area contributed by atoms with E-state index in [-0.39, 0.29) is 6.10 Å². The van der Waals surface area contributed by atoms with E-state index in [1.807, 2.05) is 39.0 Å². The molecule has 5 nitrogen and oxygen atoms in total. The summed E-state index contributed by atoms with van der Waals surface area (Å²) in [7, 11) is 0. The van der Waals surface area contributed by atoms with Gasteiger partial charge in [-0.1, -0.05) is 6.07 Å². The van der Waals surface area contributed by atoms with Crippen LogP contribution in [0.5, 0.6) is 5.75 Å². The Bertz CT molecular complexity index is 893. The summed E-state index contributed by atoms with van der Waals surface area (Å²) in [6.45, 7) is 5.86. The van der Waals surface area contributed by atoms with Crippen LogP contribution in [0.4, 0.5) is 20.4 Å². The second kappa shape index (κ2) is 6.88. The van der Waals surface area contributed by atoms with Crippen LogP contribution in [0.3, 0.4) is 0 Å². The lowest BCUT2D eigenvalue weighted by Crippen LogP contribution is -2.06. The van der Waals surface area contributed by atoms with Gasteiger partial charge >= 0.3 is 0 Å². The fourth-order valence-corrected chi connectivity index (χ4v) is 2.27. The van der Waals surface area contributed by atoms with E-state index >= 15 is 0 Å². The SMILES string of the molecule is Cc1ccc(OC(C)C)cc1Nc1ncn(-c2ccc(F)c(F)c2)n1. The fourth-order valence-electron chi connectivity index (χ4n) is 2.27. The zero-order valence-corrected chi connectivity index (χ0v) is 14.1. The predicted molar refractivity (Wildman–Crippen MR) is 91.5 cm³/mol. The van der Waals surface area contributed by atoms with Crippen molar-refractivity contribution in [3.05, 3.63) is 59.9 Å². The van der Waals surface area contributed by atoms with Crippen LogP contribution in [0.25, 0.3) is 5.69 Å². The van der Waals surface area contributed by atoms with E-state index in [9.17, 15) is 8.78 Å². The molecule has 3 rings (SSSR count). The molecular weight excluding hydrogens is 326 g/mol. The molecule has 2 aromatic carbocycles. The van der Waals surface area contributed by atoms with Crippen molar-refractivity contribution in [1.82, 2.24) is 14.8 Å². The first kappa shape index (κ1) is 16.9. The maximum absolute atomic E-state index is 13.4. The number of halogens is 2. The Morgan fingerprint density at radius 2 is 1.88 bits per heavy atom. The number of nitrogens with one attached hydrogen (secondary N) is 1. The molecule has 0 fully saturated rings. The molecule has 0 atom stereocenters. The zero-order valence-electron chi connectivity index (χ0n) is 14.1. The van der Waals surface area contributed by atoms with Crippen LogP contribution in [0, 0.1) is 18.6 Å². The van der Waals surface area contributed by atoms with Crippen LogP contribution in [0.15, 0.2) is 42.7 Å². The third kappa shape index (κ3) is 3.93. The third-order valence-corrected chi connectivity index (χ3v) is 3.49. The Balaban J connectivity index is 1.82. The van der Waals surface area contributed by atoms with Crippen molar-refractivity contribution in [3.8, 4) is 11.4 Å². The summed E-state index contributed by atoms with van der Waals surface area (Å²) in [5.74, 6) is -0.755. The molecule has 7 heteroatoms. The quantitative estimate of drug-likeness (QED) is 0.746. The molecular formula is C18H18F2N4O. The van der Waals surface area contributed by atoms with Crippen LogP contribution in [0.2, 0.25) is 0 Å². The molecule has 0 aliphatic rings. The smallest absolute Gasteiger partial charge is 0.246 e. The minimum atomic E-state index is -0.933. The van der Waals surface area contributed by atoms with E-state index in [2.05, 4.69) is 15.4 Å². The van der Waals surface area contributed by atoms with Crippen molar-refractivity contribution in [2.24, 2.45) is 0 Å². The number of hydrogen-bond donors (Lipinski definition) is 1. The summed E-state index contributed by atoms with van der Waals surface area (Å²) in [4.78, 5) is 4.16. The van der Waals surface area contributed by atoms with Gasteiger partial charge in [-0.3, -0.25) is 0 Å². The lowest BCUT2D eigenvalue weighted by molar-refractivity contribution is 0.242. The van der Waals surface area contributed by atoms with E-state index in [0.29, 0.717) is 11.6 Å². The van der Waals surface area contributed by atoms with Gasteiger partial charge < -0.3 is 10.1 Å². The van der Waals surface area contributed by atoms with Crippen LogP contribution in [0.1, 0.15) is 19.4 Å². The fraction of sp³-hybridized carbons (Fsp3) is 0.222. The van der Waals surface area contributed by atoms with Gasteiger partial charge in [0.1, 0.15) is 12.1 Å². The average Bonchev–Trinajstić information content (AvgIpc) is 3.01. The number of ether oxygens (including phenoxy) is 1. The second-order valence-electron chi connectivity index (χ2n) is 5.88. The topological polar surface area (TPSA) is 52.0 Å². The van der Waals surface area contributed by atoms with Gasteiger partial charge in [-0.25, -0.2) is 13.5 Å². The van der Waals surface area contributed by atoms with Crippen molar-refractivity contribution in [3.63, 3.8) is 0 Å². The molecule has 3 aromatic rings. The molecule has 0 saturated heterocycles.